The molecule has 0 aromatic heterocycles. The van der Waals surface area contributed by atoms with E-state index in [1.807, 2.05) is 6.92 Å². The van der Waals surface area contributed by atoms with Crippen LogP contribution < -0.4 is 5.32 Å². The van der Waals surface area contributed by atoms with Gasteiger partial charge in [0.15, 0.2) is 0 Å². The highest BCUT2D eigenvalue weighted by atomic mass is 16.6. The Bertz CT molecular complexity index is 551. The van der Waals surface area contributed by atoms with Gasteiger partial charge in [0.1, 0.15) is 17.7 Å². The van der Waals surface area contributed by atoms with Crippen molar-refractivity contribution in [3.63, 3.8) is 0 Å². The molecule has 0 bridgehead atoms. The Hall–Kier alpha value is -2.62. The number of anilines is 1. The van der Waals surface area contributed by atoms with Gasteiger partial charge in [-0.25, -0.2) is 4.79 Å². The van der Waals surface area contributed by atoms with Gasteiger partial charge in [0.05, 0.1) is 4.92 Å². The quantitative estimate of drug-likeness (QED) is 0.584. The van der Waals surface area contributed by atoms with E-state index < -0.39 is 16.9 Å². The van der Waals surface area contributed by atoms with Gasteiger partial charge in [0, 0.05) is 11.8 Å². The third kappa shape index (κ3) is 3.95. The Labute approximate surface area is 116 Å². The number of aliphatic carboxylic acids is 1. The molecule has 0 aliphatic rings. The van der Waals surface area contributed by atoms with Crippen LogP contribution in [0.4, 0.5) is 11.4 Å². The lowest BCUT2D eigenvalue weighted by Gasteiger charge is -2.15. The summed E-state index contributed by atoms with van der Waals surface area (Å²) >= 11 is 0. The fourth-order valence-electron chi connectivity index (χ4n) is 1.73. The minimum absolute atomic E-state index is 0.0546. The lowest BCUT2D eigenvalue weighted by atomic mass is 10.1. The van der Waals surface area contributed by atoms with Gasteiger partial charge in [-0.2, -0.15) is 5.26 Å². The number of carboxylic acid groups (broad SMARTS) is 1. The molecule has 1 rings (SSSR count). The van der Waals surface area contributed by atoms with Crippen molar-refractivity contribution in [2.45, 2.75) is 32.2 Å². The van der Waals surface area contributed by atoms with Crippen LogP contribution >= 0.6 is 0 Å². The van der Waals surface area contributed by atoms with E-state index >= 15 is 0 Å². The van der Waals surface area contributed by atoms with Crippen molar-refractivity contribution < 1.29 is 14.8 Å². The molecule has 0 spiro atoms. The van der Waals surface area contributed by atoms with Crippen LogP contribution in [0.25, 0.3) is 0 Å². The van der Waals surface area contributed by atoms with E-state index in [0.29, 0.717) is 12.1 Å². The van der Waals surface area contributed by atoms with Crippen LogP contribution in [0.5, 0.6) is 0 Å². The zero-order valence-corrected chi connectivity index (χ0v) is 11.0. The monoisotopic (exact) mass is 277 g/mol. The van der Waals surface area contributed by atoms with Crippen molar-refractivity contribution in [1.82, 2.24) is 0 Å². The Morgan fingerprint density at radius 3 is 2.80 bits per heavy atom. The number of benzene rings is 1. The average molecular weight is 277 g/mol. The van der Waals surface area contributed by atoms with Crippen molar-refractivity contribution in [3.8, 4) is 6.07 Å². The lowest BCUT2D eigenvalue weighted by Crippen LogP contribution is -2.29. The minimum Gasteiger partial charge on any atom is -0.480 e. The van der Waals surface area contributed by atoms with Crippen LogP contribution in [-0.2, 0) is 4.79 Å². The lowest BCUT2D eigenvalue weighted by molar-refractivity contribution is -0.385. The van der Waals surface area contributed by atoms with E-state index in [1.54, 1.807) is 6.07 Å². The molecular weight excluding hydrogens is 262 g/mol. The first-order valence-electron chi connectivity index (χ1n) is 6.17. The SMILES string of the molecule is CCCCC(Nc1ccc(C#N)c([N+](=O)[O-])c1)C(=O)O. The Morgan fingerprint density at radius 1 is 1.60 bits per heavy atom. The largest absolute Gasteiger partial charge is 0.480 e. The molecule has 2 N–H and O–H groups in total. The van der Waals surface area contributed by atoms with Gasteiger partial charge in [0.25, 0.3) is 5.69 Å². The molecular formula is C13H15N3O4. The number of nitro benzene ring substituents is 1. The molecule has 20 heavy (non-hydrogen) atoms. The summed E-state index contributed by atoms with van der Waals surface area (Å²) < 4.78 is 0. The van der Waals surface area contributed by atoms with Crippen molar-refractivity contribution >= 4 is 17.3 Å². The number of hydrogen-bond acceptors (Lipinski definition) is 5. The minimum atomic E-state index is -1.01. The predicted molar refractivity (Wildman–Crippen MR) is 72.4 cm³/mol. The molecule has 1 aromatic rings. The number of unbranched alkanes of at least 4 members (excludes halogenated alkanes) is 1. The fraction of sp³-hybridized carbons (Fsp3) is 0.385. The molecule has 106 valence electrons. The maximum absolute atomic E-state index is 11.1. The topological polar surface area (TPSA) is 116 Å². The number of nitrogens with one attached hydrogen (secondary N) is 1. The fourth-order valence-corrected chi connectivity index (χ4v) is 1.73. The first-order valence-corrected chi connectivity index (χ1v) is 6.17. The highest BCUT2D eigenvalue weighted by Gasteiger charge is 2.19. The summed E-state index contributed by atoms with van der Waals surface area (Å²) in [6.45, 7) is 1.95. The highest BCUT2D eigenvalue weighted by Crippen LogP contribution is 2.23. The number of rotatable bonds is 7. The van der Waals surface area contributed by atoms with E-state index in [2.05, 4.69) is 5.32 Å². The first-order chi connectivity index (χ1) is 9.49. The zero-order valence-electron chi connectivity index (χ0n) is 11.0. The number of hydrogen-bond donors (Lipinski definition) is 2. The van der Waals surface area contributed by atoms with Gasteiger partial charge in [-0.05, 0) is 18.6 Å². The van der Waals surface area contributed by atoms with Crippen LogP contribution in [0.3, 0.4) is 0 Å². The smallest absolute Gasteiger partial charge is 0.326 e. The van der Waals surface area contributed by atoms with Crippen molar-refractivity contribution in [3.05, 3.63) is 33.9 Å². The summed E-state index contributed by atoms with van der Waals surface area (Å²) in [6.07, 6.45) is 2.03. The van der Waals surface area contributed by atoms with Gasteiger partial charge >= 0.3 is 5.97 Å². The van der Waals surface area contributed by atoms with E-state index in [-0.39, 0.29) is 11.3 Å². The number of nitro groups is 1. The molecule has 0 radical (unpaired) electrons. The van der Waals surface area contributed by atoms with Crippen molar-refractivity contribution in [2.24, 2.45) is 0 Å². The molecule has 0 saturated carbocycles. The molecule has 0 fully saturated rings. The van der Waals surface area contributed by atoms with Crippen molar-refractivity contribution in [1.29, 1.82) is 5.26 Å². The van der Waals surface area contributed by atoms with E-state index in [9.17, 15) is 14.9 Å². The normalized spacial score (nSPS) is 11.4. The molecule has 1 atom stereocenters. The summed E-state index contributed by atoms with van der Waals surface area (Å²) in [5.74, 6) is -1.01. The van der Waals surface area contributed by atoms with E-state index in [4.69, 9.17) is 10.4 Å². The van der Waals surface area contributed by atoms with Crippen LogP contribution in [0.15, 0.2) is 18.2 Å². The highest BCUT2D eigenvalue weighted by molar-refractivity contribution is 5.77. The molecule has 1 aromatic carbocycles. The van der Waals surface area contributed by atoms with Crippen LogP contribution in [0, 0.1) is 21.4 Å². The van der Waals surface area contributed by atoms with E-state index in [1.165, 1.54) is 18.2 Å². The molecule has 7 nitrogen and oxygen atoms in total. The van der Waals surface area contributed by atoms with Gasteiger partial charge < -0.3 is 10.4 Å². The summed E-state index contributed by atoms with van der Waals surface area (Å²) in [4.78, 5) is 21.3. The average Bonchev–Trinajstić information content (AvgIpc) is 2.42. The molecule has 0 saturated heterocycles. The Balaban J connectivity index is 2.96. The van der Waals surface area contributed by atoms with Crippen LogP contribution in [0.2, 0.25) is 0 Å². The second-order valence-corrected chi connectivity index (χ2v) is 4.28. The number of nitriles is 1. The molecule has 7 heteroatoms. The molecule has 0 aliphatic heterocycles. The van der Waals surface area contributed by atoms with Gasteiger partial charge in [-0.1, -0.05) is 19.8 Å². The Morgan fingerprint density at radius 2 is 2.30 bits per heavy atom. The second-order valence-electron chi connectivity index (χ2n) is 4.28. The predicted octanol–water partition coefficient (Wildman–Crippen LogP) is 2.52. The van der Waals surface area contributed by atoms with E-state index in [0.717, 1.165) is 12.8 Å². The molecule has 0 aliphatic carbocycles. The molecule has 0 amide bonds. The number of carbonyl (C=O) groups is 1. The van der Waals surface area contributed by atoms with Crippen LogP contribution in [0.1, 0.15) is 31.7 Å². The standard InChI is InChI=1S/C13H15N3O4/c1-2-3-4-11(13(17)18)15-10-6-5-9(8-14)12(7-10)16(19)20/h5-7,11,15H,2-4H2,1H3,(H,17,18). The summed E-state index contributed by atoms with van der Waals surface area (Å²) in [5, 5.41) is 31.4. The molecule has 1 unspecified atom stereocenters. The second kappa shape index (κ2) is 7.09. The van der Waals surface area contributed by atoms with Crippen molar-refractivity contribution in [2.75, 3.05) is 5.32 Å². The van der Waals surface area contributed by atoms with Gasteiger partial charge in [0.2, 0.25) is 0 Å². The third-order valence-electron chi connectivity index (χ3n) is 2.80. The first kappa shape index (κ1) is 15.4. The number of carboxylic acids is 1. The number of nitrogens with zero attached hydrogens (tertiary/aromatic N) is 2. The van der Waals surface area contributed by atoms with Gasteiger partial charge in [-0.3, -0.25) is 10.1 Å². The maximum atomic E-state index is 11.1. The maximum Gasteiger partial charge on any atom is 0.326 e. The molecule has 0 heterocycles. The summed E-state index contributed by atoms with van der Waals surface area (Å²) in [6, 6.07) is 4.88. The van der Waals surface area contributed by atoms with Crippen LogP contribution in [-0.4, -0.2) is 22.0 Å². The summed E-state index contributed by atoms with van der Waals surface area (Å²) in [7, 11) is 0. The van der Waals surface area contributed by atoms with Gasteiger partial charge in [-0.15, -0.1) is 0 Å². The Kier molecular flexibility index (Phi) is 5.47. The third-order valence-corrected chi connectivity index (χ3v) is 2.80. The zero-order chi connectivity index (χ0) is 15.1. The summed E-state index contributed by atoms with van der Waals surface area (Å²) in [5.41, 5.74) is -0.0719.